The normalized spacial score (nSPS) is 14.4. The Hall–Kier alpha value is -3.17. The average molecular weight is 415 g/mol. The molecule has 3 rings (SSSR count). The summed E-state index contributed by atoms with van der Waals surface area (Å²) in [4.78, 5) is 24.7. The summed E-state index contributed by atoms with van der Waals surface area (Å²) in [7, 11) is 0. The molecule has 2 aromatic carbocycles. The first kappa shape index (κ1) is 20.6. The highest BCUT2D eigenvalue weighted by atomic mass is 32.2. The van der Waals surface area contributed by atoms with Crippen LogP contribution in [0.15, 0.2) is 54.1 Å². The van der Waals surface area contributed by atoms with E-state index in [0.29, 0.717) is 17.7 Å². The van der Waals surface area contributed by atoms with Crippen LogP contribution in [0.1, 0.15) is 36.0 Å². The maximum atomic E-state index is 12.5. The largest absolute Gasteiger partial charge is 0.422 e. The first-order valence-electron chi connectivity index (χ1n) is 9.03. The number of para-hydroxylation sites is 1. The number of benzene rings is 2. The molecule has 8 nitrogen and oxygen atoms in total. The number of ether oxygens (including phenoxy) is 1. The zero-order valence-electron chi connectivity index (χ0n) is 15.5. The van der Waals surface area contributed by atoms with Gasteiger partial charge in [-0.05, 0) is 49.9 Å². The molecule has 0 heterocycles. The molecule has 1 aliphatic rings. The van der Waals surface area contributed by atoms with Crippen molar-refractivity contribution in [2.45, 2.75) is 25.7 Å². The number of nitrogens with two attached hydrogens (primary N) is 1. The second-order valence-corrected chi connectivity index (χ2v) is 7.13. The van der Waals surface area contributed by atoms with Crippen LogP contribution < -0.4 is 20.5 Å². The Morgan fingerprint density at radius 2 is 1.86 bits per heavy atom. The number of rotatable bonds is 7. The molecule has 29 heavy (non-hydrogen) atoms. The summed E-state index contributed by atoms with van der Waals surface area (Å²) in [5.41, 5.74) is 6.93. The van der Waals surface area contributed by atoms with E-state index in [1.54, 1.807) is 24.3 Å². The summed E-state index contributed by atoms with van der Waals surface area (Å²) < 4.78 is 28.3. The molecule has 0 saturated carbocycles. The van der Waals surface area contributed by atoms with E-state index in [-0.39, 0.29) is 22.7 Å². The third-order valence-corrected chi connectivity index (χ3v) is 4.80. The summed E-state index contributed by atoms with van der Waals surface area (Å²) in [5.74, 6) is -1.41. The summed E-state index contributed by atoms with van der Waals surface area (Å²) in [6.45, 7) is 0. The smallest absolute Gasteiger partial charge is 0.339 e. The van der Waals surface area contributed by atoms with Crippen molar-refractivity contribution in [3.63, 3.8) is 0 Å². The Balaban J connectivity index is 2.03. The highest BCUT2D eigenvalue weighted by molar-refractivity contribution is 7.80. The van der Waals surface area contributed by atoms with Gasteiger partial charge < -0.3 is 15.8 Å². The van der Waals surface area contributed by atoms with Crippen LogP contribution in [-0.2, 0) is 16.1 Å². The van der Waals surface area contributed by atoms with Gasteiger partial charge in [-0.3, -0.25) is 14.1 Å². The highest BCUT2D eigenvalue weighted by Gasteiger charge is 2.23. The van der Waals surface area contributed by atoms with Gasteiger partial charge in [-0.25, -0.2) is 9.00 Å². The van der Waals surface area contributed by atoms with Crippen LogP contribution in [-0.4, -0.2) is 20.6 Å². The van der Waals surface area contributed by atoms with Crippen molar-refractivity contribution in [1.29, 1.82) is 0 Å². The minimum absolute atomic E-state index is 0.0262. The zero-order chi connectivity index (χ0) is 20.8. The lowest BCUT2D eigenvalue weighted by Gasteiger charge is -2.19. The number of allylic oxidation sites excluding steroid dienone is 1. The average Bonchev–Trinajstić information content (AvgIpc) is 2.70. The minimum Gasteiger partial charge on any atom is -0.422 e. The van der Waals surface area contributed by atoms with Crippen molar-refractivity contribution in [1.82, 2.24) is 0 Å². The first-order chi connectivity index (χ1) is 14.0. The Labute approximate surface area is 170 Å². The van der Waals surface area contributed by atoms with Crippen LogP contribution in [0.4, 0.5) is 17.1 Å². The lowest BCUT2D eigenvalue weighted by molar-refractivity contribution is -0.130. The summed E-state index contributed by atoms with van der Waals surface area (Å²) in [6.07, 6.45) is 5.18. The highest BCUT2D eigenvalue weighted by Crippen LogP contribution is 2.36. The number of hydrogen-bond donors (Lipinski definition) is 4. The van der Waals surface area contributed by atoms with Gasteiger partial charge in [0.1, 0.15) is 11.3 Å². The molecule has 1 aliphatic carbocycles. The van der Waals surface area contributed by atoms with Crippen molar-refractivity contribution in [2.24, 2.45) is 5.73 Å². The van der Waals surface area contributed by atoms with Gasteiger partial charge >= 0.3 is 5.97 Å². The van der Waals surface area contributed by atoms with Gasteiger partial charge in [0.15, 0.2) is 0 Å². The number of amides is 1. The van der Waals surface area contributed by atoms with Crippen molar-refractivity contribution >= 4 is 40.2 Å². The van der Waals surface area contributed by atoms with Gasteiger partial charge in [0, 0.05) is 11.3 Å². The third-order valence-electron chi connectivity index (χ3n) is 4.41. The Morgan fingerprint density at radius 3 is 2.48 bits per heavy atom. The monoisotopic (exact) mass is 415 g/mol. The molecule has 2 aromatic rings. The summed E-state index contributed by atoms with van der Waals surface area (Å²) in [6, 6.07) is 11.7. The van der Waals surface area contributed by atoms with Crippen LogP contribution in [0.5, 0.6) is 5.75 Å². The fourth-order valence-electron chi connectivity index (χ4n) is 3.08. The second kappa shape index (κ2) is 9.35. The molecule has 152 valence electrons. The third kappa shape index (κ3) is 5.21. The SMILES string of the molecule is NC(=O)c1c(OC(=O)C2=CCCCC2)ccc(NS(=O)O)c1Nc1ccccc1. The van der Waals surface area contributed by atoms with E-state index in [9.17, 15) is 18.4 Å². The molecule has 0 saturated heterocycles. The molecule has 5 N–H and O–H groups in total. The first-order valence-corrected chi connectivity index (χ1v) is 10.1. The lowest BCUT2D eigenvalue weighted by atomic mass is 10.00. The van der Waals surface area contributed by atoms with Crippen LogP contribution in [0, 0.1) is 0 Å². The van der Waals surface area contributed by atoms with E-state index in [1.165, 1.54) is 12.1 Å². The van der Waals surface area contributed by atoms with Gasteiger partial charge in [0.2, 0.25) is 0 Å². The molecular formula is C20H21N3O5S. The topological polar surface area (TPSA) is 131 Å². The van der Waals surface area contributed by atoms with Crippen LogP contribution in [0.3, 0.4) is 0 Å². The predicted molar refractivity (Wildman–Crippen MR) is 111 cm³/mol. The van der Waals surface area contributed by atoms with Gasteiger partial charge in [-0.2, -0.15) is 0 Å². The van der Waals surface area contributed by atoms with Crippen LogP contribution >= 0.6 is 0 Å². The number of hydrogen-bond acceptors (Lipinski definition) is 5. The lowest BCUT2D eigenvalue weighted by Crippen LogP contribution is -2.20. The van der Waals surface area contributed by atoms with Crippen molar-refractivity contribution in [3.8, 4) is 5.75 Å². The summed E-state index contributed by atoms with van der Waals surface area (Å²) in [5, 5.41) is 3.01. The number of carbonyl (C=O) groups excluding carboxylic acids is 2. The maximum Gasteiger partial charge on any atom is 0.339 e. The molecule has 0 aromatic heterocycles. The molecule has 1 unspecified atom stereocenters. The van der Waals surface area contributed by atoms with E-state index < -0.39 is 23.1 Å². The van der Waals surface area contributed by atoms with Gasteiger partial charge in [-0.1, -0.05) is 24.3 Å². The molecule has 1 amide bonds. The predicted octanol–water partition coefficient (Wildman–Crippen LogP) is 3.48. The molecule has 0 aliphatic heterocycles. The number of esters is 1. The second-order valence-electron chi connectivity index (χ2n) is 6.43. The van der Waals surface area contributed by atoms with Crippen molar-refractivity contribution in [3.05, 3.63) is 59.7 Å². The minimum atomic E-state index is -2.39. The van der Waals surface area contributed by atoms with E-state index in [2.05, 4.69) is 10.0 Å². The molecule has 0 radical (unpaired) electrons. The Morgan fingerprint density at radius 1 is 1.10 bits per heavy atom. The fourth-order valence-corrected chi connectivity index (χ4v) is 3.44. The molecule has 9 heteroatoms. The van der Waals surface area contributed by atoms with E-state index >= 15 is 0 Å². The fraction of sp³-hybridized carbons (Fsp3) is 0.200. The Bertz CT molecular complexity index is 976. The number of anilines is 3. The maximum absolute atomic E-state index is 12.5. The van der Waals surface area contributed by atoms with Crippen LogP contribution in [0.2, 0.25) is 0 Å². The van der Waals surface area contributed by atoms with Crippen molar-refractivity contribution in [2.75, 3.05) is 10.0 Å². The molecule has 0 spiro atoms. The van der Waals surface area contributed by atoms with Crippen LogP contribution in [0.25, 0.3) is 0 Å². The van der Waals surface area contributed by atoms with Gasteiger partial charge in [0.05, 0.1) is 11.4 Å². The van der Waals surface area contributed by atoms with Crippen molar-refractivity contribution < 1.29 is 23.1 Å². The summed E-state index contributed by atoms with van der Waals surface area (Å²) >= 11 is -2.39. The van der Waals surface area contributed by atoms with Gasteiger partial charge in [0.25, 0.3) is 17.2 Å². The molecule has 0 bridgehead atoms. The quantitative estimate of drug-likeness (QED) is 0.311. The van der Waals surface area contributed by atoms with Gasteiger partial charge in [-0.15, -0.1) is 0 Å². The molecule has 0 fully saturated rings. The Kier molecular flexibility index (Phi) is 6.63. The standard InChI is InChI=1S/C20H21N3O5S/c21-19(24)17-16(28-20(25)13-7-3-1-4-8-13)12-11-15(23-29(26)27)18(17)22-14-9-5-2-6-10-14/h2,5-7,9-12,22-23H,1,3-4,8H2,(H2,21,24)(H,26,27). The van der Waals surface area contributed by atoms with E-state index in [4.69, 9.17) is 10.5 Å². The number of carbonyl (C=O) groups is 2. The molecular weight excluding hydrogens is 394 g/mol. The van der Waals surface area contributed by atoms with E-state index in [0.717, 1.165) is 19.3 Å². The molecule has 1 atom stereocenters. The number of primary amides is 1. The zero-order valence-corrected chi connectivity index (χ0v) is 16.3. The van der Waals surface area contributed by atoms with E-state index in [1.807, 2.05) is 12.1 Å². The number of nitrogens with one attached hydrogen (secondary N) is 2.